The summed E-state index contributed by atoms with van der Waals surface area (Å²) >= 11 is 1.39. The molecule has 132 valence electrons. The molecule has 2 N–H and O–H groups in total. The van der Waals surface area contributed by atoms with E-state index in [-0.39, 0.29) is 17.6 Å². The number of carbonyl (C=O) groups is 1. The normalized spacial score (nSPS) is 15.5. The highest BCUT2D eigenvalue weighted by Crippen LogP contribution is 2.52. The number of carbonyl (C=O) groups excluding carboxylic acids is 1. The average molecular weight is 366 g/mol. The lowest BCUT2D eigenvalue weighted by Crippen LogP contribution is -2.38. The number of thiazole rings is 1. The smallest absolute Gasteiger partial charge is 0.232 e. The molecule has 1 amide bonds. The number of aromatic nitrogens is 1. The van der Waals surface area contributed by atoms with Gasteiger partial charge in [0, 0.05) is 34.7 Å². The quantitative estimate of drug-likeness (QED) is 0.702. The predicted octanol–water partition coefficient (Wildman–Crippen LogP) is 4.75. The number of nitrogens with one attached hydrogen (secondary N) is 1. The zero-order valence-corrected chi connectivity index (χ0v) is 15.2. The van der Waals surface area contributed by atoms with Crippen molar-refractivity contribution in [3.05, 3.63) is 65.2 Å². The van der Waals surface area contributed by atoms with Crippen LogP contribution in [0.2, 0.25) is 0 Å². The fraction of sp³-hybridized carbons (Fsp3) is 0.200. The van der Waals surface area contributed by atoms with E-state index in [2.05, 4.69) is 10.3 Å². The number of amides is 1. The van der Waals surface area contributed by atoms with Crippen LogP contribution >= 0.6 is 11.3 Å². The van der Waals surface area contributed by atoms with Crippen LogP contribution in [0.15, 0.2) is 54.0 Å². The van der Waals surface area contributed by atoms with Crippen LogP contribution in [0.3, 0.4) is 0 Å². The molecule has 1 aromatic heterocycles. The van der Waals surface area contributed by atoms with Gasteiger partial charge in [-0.3, -0.25) is 4.79 Å². The van der Waals surface area contributed by atoms with Gasteiger partial charge in [-0.05, 0) is 12.1 Å². The number of anilines is 1. The van der Waals surface area contributed by atoms with E-state index in [1.165, 1.54) is 11.3 Å². The monoisotopic (exact) mass is 366 g/mol. The molecule has 3 aromatic rings. The van der Waals surface area contributed by atoms with E-state index in [9.17, 15) is 9.90 Å². The van der Waals surface area contributed by atoms with E-state index in [0.717, 1.165) is 11.1 Å². The van der Waals surface area contributed by atoms with Crippen LogP contribution in [-0.2, 0) is 4.79 Å². The van der Waals surface area contributed by atoms with Gasteiger partial charge in [0.2, 0.25) is 5.91 Å². The Morgan fingerprint density at radius 1 is 1.19 bits per heavy atom. The Bertz CT molecular complexity index is 967. The standard InChI is InChI=1S/C20H18N2O3S/c1-20(2,18(24)22-19-21-9-10-26-19)17-13-5-3-4-6-15(13)25-16-11-12(23)7-8-14(16)17/h3-11,17,23H,1-2H3,(H,21,22,24)/t17-/m0/s1. The molecule has 26 heavy (non-hydrogen) atoms. The first kappa shape index (κ1) is 16.6. The van der Waals surface area contributed by atoms with Gasteiger partial charge in [0.05, 0.1) is 5.41 Å². The van der Waals surface area contributed by atoms with E-state index < -0.39 is 5.41 Å². The number of para-hydroxylation sites is 1. The minimum Gasteiger partial charge on any atom is -0.508 e. The fourth-order valence-electron chi connectivity index (χ4n) is 3.40. The summed E-state index contributed by atoms with van der Waals surface area (Å²) < 4.78 is 5.97. The van der Waals surface area contributed by atoms with Gasteiger partial charge in [0.15, 0.2) is 5.13 Å². The lowest BCUT2D eigenvalue weighted by atomic mass is 9.69. The third-order valence-electron chi connectivity index (χ3n) is 4.72. The van der Waals surface area contributed by atoms with E-state index in [0.29, 0.717) is 16.6 Å². The summed E-state index contributed by atoms with van der Waals surface area (Å²) in [5.41, 5.74) is 1.06. The second-order valence-corrected chi connectivity index (χ2v) is 7.70. The Balaban J connectivity index is 1.80. The first-order valence-electron chi connectivity index (χ1n) is 8.27. The Hall–Kier alpha value is -2.86. The van der Waals surface area contributed by atoms with Gasteiger partial charge in [-0.2, -0.15) is 0 Å². The van der Waals surface area contributed by atoms with Gasteiger partial charge < -0.3 is 15.2 Å². The molecule has 6 heteroatoms. The summed E-state index contributed by atoms with van der Waals surface area (Å²) in [7, 11) is 0. The van der Waals surface area contributed by atoms with Crippen LogP contribution in [0, 0.1) is 5.41 Å². The largest absolute Gasteiger partial charge is 0.508 e. The van der Waals surface area contributed by atoms with E-state index in [1.807, 2.05) is 49.6 Å². The second-order valence-electron chi connectivity index (χ2n) is 6.81. The number of fused-ring (bicyclic) bond motifs is 2. The van der Waals surface area contributed by atoms with Crippen molar-refractivity contribution in [1.29, 1.82) is 0 Å². The minimum atomic E-state index is -0.767. The molecule has 2 aromatic carbocycles. The molecular weight excluding hydrogens is 348 g/mol. The predicted molar refractivity (Wildman–Crippen MR) is 101 cm³/mol. The molecule has 1 aliphatic heterocycles. The third kappa shape index (κ3) is 2.72. The first-order valence-corrected chi connectivity index (χ1v) is 9.15. The minimum absolute atomic E-state index is 0.117. The molecule has 4 rings (SSSR count). The van der Waals surface area contributed by atoms with E-state index in [4.69, 9.17) is 4.74 Å². The van der Waals surface area contributed by atoms with Gasteiger partial charge in [-0.15, -0.1) is 11.3 Å². The van der Waals surface area contributed by atoms with Crippen molar-refractivity contribution < 1.29 is 14.6 Å². The second kappa shape index (κ2) is 6.14. The molecule has 2 heterocycles. The summed E-state index contributed by atoms with van der Waals surface area (Å²) in [6, 6.07) is 12.7. The van der Waals surface area contributed by atoms with Crippen LogP contribution in [0.25, 0.3) is 0 Å². The van der Waals surface area contributed by atoms with Crippen LogP contribution < -0.4 is 10.1 Å². The molecule has 1 aliphatic rings. The van der Waals surface area contributed by atoms with Crippen molar-refractivity contribution >= 4 is 22.4 Å². The highest BCUT2D eigenvalue weighted by atomic mass is 32.1. The Morgan fingerprint density at radius 2 is 1.96 bits per heavy atom. The number of hydrogen-bond donors (Lipinski definition) is 2. The number of hydrogen-bond acceptors (Lipinski definition) is 5. The van der Waals surface area contributed by atoms with Crippen LogP contribution in [0.1, 0.15) is 30.9 Å². The number of benzene rings is 2. The number of aromatic hydroxyl groups is 1. The molecule has 0 spiro atoms. The Morgan fingerprint density at radius 3 is 2.73 bits per heavy atom. The van der Waals surface area contributed by atoms with Crippen LogP contribution in [0.5, 0.6) is 17.2 Å². The van der Waals surface area contributed by atoms with Crippen LogP contribution in [-0.4, -0.2) is 16.0 Å². The van der Waals surface area contributed by atoms with Gasteiger partial charge in [-0.1, -0.05) is 38.1 Å². The lowest BCUT2D eigenvalue weighted by Gasteiger charge is -2.38. The van der Waals surface area contributed by atoms with Gasteiger partial charge >= 0.3 is 0 Å². The van der Waals surface area contributed by atoms with Gasteiger partial charge in [0.25, 0.3) is 0 Å². The summed E-state index contributed by atoms with van der Waals surface area (Å²) in [6.45, 7) is 3.83. The topological polar surface area (TPSA) is 71.5 Å². The maximum atomic E-state index is 13.1. The molecule has 0 saturated heterocycles. The zero-order valence-electron chi connectivity index (χ0n) is 14.4. The number of nitrogens with zero attached hydrogens (tertiary/aromatic N) is 1. The van der Waals surface area contributed by atoms with Crippen molar-refractivity contribution in [2.24, 2.45) is 5.41 Å². The van der Waals surface area contributed by atoms with Crippen molar-refractivity contribution in [2.75, 3.05) is 5.32 Å². The summed E-state index contributed by atoms with van der Waals surface area (Å²) in [4.78, 5) is 17.2. The Kier molecular flexibility index (Phi) is 3.92. The maximum Gasteiger partial charge on any atom is 0.232 e. The SMILES string of the molecule is CC(C)(C(=O)Nc1nccs1)[C@H]1c2ccccc2Oc2cc(O)ccc21. The number of phenolic OH excluding ortho intramolecular Hbond substituents is 1. The summed E-state index contributed by atoms with van der Waals surface area (Å²) in [6.07, 6.45) is 1.66. The third-order valence-corrected chi connectivity index (χ3v) is 5.41. The summed E-state index contributed by atoms with van der Waals surface area (Å²) in [5.74, 6) is 1.07. The number of ether oxygens (including phenoxy) is 1. The highest BCUT2D eigenvalue weighted by molar-refractivity contribution is 7.13. The van der Waals surface area contributed by atoms with Crippen molar-refractivity contribution in [1.82, 2.24) is 4.98 Å². The lowest BCUT2D eigenvalue weighted by molar-refractivity contribution is -0.124. The Labute approximate surface area is 155 Å². The molecular formula is C20H18N2O3S. The molecule has 0 saturated carbocycles. The number of rotatable bonds is 3. The molecule has 1 atom stereocenters. The molecule has 0 fully saturated rings. The van der Waals surface area contributed by atoms with Crippen molar-refractivity contribution in [3.63, 3.8) is 0 Å². The fourth-order valence-corrected chi connectivity index (χ4v) is 3.92. The average Bonchev–Trinajstić information content (AvgIpc) is 3.12. The molecule has 0 unspecified atom stereocenters. The summed E-state index contributed by atoms with van der Waals surface area (Å²) in [5, 5.41) is 15.2. The van der Waals surface area contributed by atoms with Crippen molar-refractivity contribution in [3.8, 4) is 17.2 Å². The van der Waals surface area contributed by atoms with E-state index >= 15 is 0 Å². The first-order chi connectivity index (χ1) is 12.5. The number of phenols is 1. The van der Waals surface area contributed by atoms with Crippen molar-refractivity contribution in [2.45, 2.75) is 19.8 Å². The maximum absolute atomic E-state index is 13.1. The van der Waals surface area contributed by atoms with Crippen LogP contribution in [0.4, 0.5) is 5.13 Å². The molecule has 0 bridgehead atoms. The highest BCUT2D eigenvalue weighted by Gasteiger charge is 2.43. The van der Waals surface area contributed by atoms with Gasteiger partial charge in [-0.25, -0.2) is 4.98 Å². The molecule has 0 radical (unpaired) electrons. The molecule has 0 aliphatic carbocycles. The molecule has 5 nitrogen and oxygen atoms in total. The zero-order chi connectivity index (χ0) is 18.3. The van der Waals surface area contributed by atoms with Gasteiger partial charge in [0.1, 0.15) is 17.2 Å². The van der Waals surface area contributed by atoms with E-state index in [1.54, 1.807) is 18.3 Å².